The van der Waals surface area contributed by atoms with Crippen LogP contribution in [0.1, 0.15) is 34.0 Å². The van der Waals surface area contributed by atoms with Crippen LogP contribution in [-0.4, -0.2) is 38.7 Å². The average Bonchev–Trinajstić information content (AvgIpc) is 2.63. The van der Waals surface area contributed by atoms with Gasteiger partial charge in [0.05, 0.1) is 12.4 Å². The Kier molecular flexibility index (Phi) is 5.94. The molecule has 1 aliphatic rings. The van der Waals surface area contributed by atoms with Crippen molar-refractivity contribution in [3.05, 3.63) is 65.2 Å². The molecule has 27 heavy (non-hydrogen) atoms. The summed E-state index contributed by atoms with van der Waals surface area (Å²) in [4.78, 5) is 12.6. The third-order valence-corrected chi connectivity index (χ3v) is 5.35. The molecule has 7 heteroatoms. The predicted octanol–water partition coefficient (Wildman–Crippen LogP) is 2.13. The minimum atomic E-state index is -3.32. The smallest absolute Gasteiger partial charge is 0.229 e. The van der Waals surface area contributed by atoms with Crippen molar-refractivity contribution in [1.82, 2.24) is 5.32 Å². The number of fused-ring (bicyclic) bond motifs is 1. The number of nitrogens with one attached hydrogen (secondary N) is 2. The van der Waals surface area contributed by atoms with Gasteiger partial charge in [-0.05, 0) is 36.1 Å². The fourth-order valence-corrected chi connectivity index (χ4v) is 3.92. The molecule has 2 unspecified atom stereocenters. The molecule has 0 aromatic heterocycles. The molecule has 0 heterocycles. The summed E-state index contributed by atoms with van der Waals surface area (Å²) in [7, 11) is -3.32. The normalized spacial score (nSPS) is 18.0. The lowest BCUT2D eigenvalue weighted by atomic mass is 9.83. The maximum absolute atomic E-state index is 12.6. The van der Waals surface area contributed by atoms with E-state index in [9.17, 15) is 18.3 Å². The zero-order valence-electron chi connectivity index (χ0n) is 15.2. The number of aliphatic hydroxyl groups excluding tert-OH is 1. The number of rotatable bonds is 7. The van der Waals surface area contributed by atoms with Gasteiger partial charge >= 0.3 is 0 Å². The van der Waals surface area contributed by atoms with Crippen LogP contribution in [0.5, 0.6) is 0 Å². The minimum absolute atomic E-state index is 0.0755. The highest BCUT2D eigenvalue weighted by molar-refractivity contribution is 7.92. The van der Waals surface area contributed by atoms with Crippen LogP contribution in [-0.2, 0) is 16.4 Å². The first-order valence-corrected chi connectivity index (χ1v) is 10.8. The summed E-state index contributed by atoms with van der Waals surface area (Å²) in [6, 6.07) is 14.3. The minimum Gasteiger partial charge on any atom is -0.387 e. The van der Waals surface area contributed by atoms with Gasteiger partial charge in [-0.2, -0.15) is 0 Å². The van der Waals surface area contributed by atoms with Crippen LogP contribution in [0.15, 0.2) is 48.5 Å². The number of benzene rings is 2. The molecule has 0 saturated heterocycles. The van der Waals surface area contributed by atoms with Gasteiger partial charge < -0.3 is 10.4 Å². The van der Waals surface area contributed by atoms with Gasteiger partial charge in [0.25, 0.3) is 0 Å². The lowest BCUT2D eigenvalue weighted by Gasteiger charge is -2.24. The lowest BCUT2D eigenvalue weighted by Crippen LogP contribution is -2.34. The number of hydrogen-bond acceptors (Lipinski definition) is 5. The van der Waals surface area contributed by atoms with Gasteiger partial charge in [0.15, 0.2) is 5.78 Å². The molecule has 3 N–H and O–H groups in total. The molecule has 0 bridgehead atoms. The van der Waals surface area contributed by atoms with E-state index >= 15 is 0 Å². The van der Waals surface area contributed by atoms with Gasteiger partial charge in [0, 0.05) is 30.3 Å². The molecule has 0 fully saturated rings. The Morgan fingerprint density at radius 3 is 2.56 bits per heavy atom. The molecule has 0 spiro atoms. The topological polar surface area (TPSA) is 95.5 Å². The van der Waals surface area contributed by atoms with Crippen molar-refractivity contribution in [3.8, 4) is 0 Å². The Bertz CT molecular complexity index is 910. The molecule has 0 saturated carbocycles. The van der Waals surface area contributed by atoms with Crippen molar-refractivity contribution in [2.75, 3.05) is 24.1 Å². The standard InChI is InChI=1S/C20H24N2O4S/c1-27(25,26)22-17-10-8-15(9-11-17)19(23)13-21-12-16-7-6-14-4-2-3-5-18(14)20(16)24/h2-5,8-11,16,19,21-23H,6-7,12-13H2,1H3. The Morgan fingerprint density at radius 2 is 1.85 bits per heavy atom. The van der Waals surface area contributed by atoms with Crippen molar-refractivity contribution in [2.45, 2.75) is 18.9 Å². The Hall–Kier alpha value is -2.22. The zero-order chi connectivity index (χ0) is 19.4. The van der Waals surface area contributed by atoms with E-state index in [1.54, 1.807) is 24.3 Å². The third-order valence-electron chi connectivity index (χ3n) is 4.74. The average molecular weight is 388 g/mol. The van der Waals surface area contributed by atoms with Crippen LogP contribution in [0.25, 0.3) is 0 Å². The SMILES string of the molecule is CS(=O)(=O)Nc1ccc(C(O)CNCC2CCc3ccccc3C2=O)cc1. The summed E-state index contributed by atoms with van der Waals surface area (Å²) in [6.45, 7) is 0.849. The number of Topliss-reactive ketones (excluding diaryl/α,β-unsaturated/α-hetero) is 1. The maximum Gasteiger partial charge on any atom is 0.229 e. The van der Waals surface area contributed by atoms with Gasteiger partial charge in [-0.15, -0.1) is 0 Å². The lowest BCUT2D eigenvalue weighted by molar-refractivity contribution is 0.0895. The highest BCUT2D eigenvalue weighted by Gasteiger charge is 2.26. The number of carbonyl (C=O) groups is 1. The monoisotopic (exact) mass is 388 g/mol. The summed E-state index contributed by atoms with van der Waals surface area (Å²) < 4.78 is 24.8. The molecule has 0 amide bonds. The van der Waals surface area contributed by atoms with Crippen molar-refractivity contribution in [3.63, 3.8) is 0 Å². The molecular weight excluding hydrogens is 364 g/mol. The van der Waals surface area contributed by atoms with Crippen LogP contribution >= 0.6 is 0 Å². The van der Waals surface area contributed by atoms with Gasteiger partial charge in [-0.1, -0.05) is 36.4 Å². The number of ketones is 1. The number of anilines is 1. The number of hydrogen-bond donors (Lipinski definition) is 3. The third kappa shape index (κ3) is 5.15. The first-order chi connectivity index (χ1) is 12.8. The molecule has 2 aromatic rings. The Balaban J connectivity index is 1.51. The Labute approximate surface area is 159 Å². The molecule has 1 aliphatic carbocycles. The highest BCUT2D eigenvalue weighted by Crippen LogP contribution is 2.25. The number of carbonyl (C=O) groups excluding carboxylic acids is 1. The second-order valence-corrected chi connectivity index (χ2v) is 8.68. The van der Waals surface area contributed by atoms with Crippen molar-refractivity contribution in [2.24, 2.45) is 5.92 Å². The van der Waals surface area contributed by atoms with Gasteiger partial charge in [-0.25, -0.2) is 8.42 Å². The van der Waals surface area contributed by atoms with E-state index in [0.717, 1.165) is 30.2 Å². The van der Waals surface area contributed by atoms with Gasteiger partial charge in [0.1, 0.15) is 0 Å². The van der Waals surface area contributed by atoms with Crippen LogP contribution < -0.4 is 10.0 Å². The second kappa shape index (κ2) is 8.21. The van der Waals surface area contributed by atoms with E-state index in [4.69, 9.17) is 0 Å². The van der Waals surface area contributed by atoms with Crippen LogP contribution in [0.2, 0.25) is 0 Å². The van der Waals surface area contributed by atoms with E-state index in [1.807, 2.05) is 24.3 Å². The maximum atomic E-state index is 12.6. The second-order valence-electron chi connectivity index (χ2n) is 6.93. The molecule has 144 valence electrons. The van der Waals surface area contributed by atoms with Gasteiger partial charge in [-0.3, -0.25) is 9.52 Å². The summed E-state index contributed by atoms with van der Waals surface area (Å²) in [5.41, 5.74) is 3.06. The molecular formula is C20H24N2O4S. The molecule has 0 radical (unpaired) electrons. The molecule has 3 rings (SSSR count). The predicted molar refractivity (Wildman–Crippen MR) is 105 cm³/mol. The van der Waals surface area contributed by atoms with Crippen LogP contribution in [0.4, 0.5) is 5.69 Å². The fraction of sp³-hybridized carbons (Fsp3) is 0.350. The summed E-state index contributed by atoms with van der Waals surface area (Å²) in [5, 5.41) is 13.5. The number of aliphatic hydroxyl groups is 1. The van der Waals surface area contributed by atoms with E-state index in [0.29, 0.717) is 24.3 Å². The molecule has 2 aromatic carbocycles. The quantitative estimate of drug-likeness (QED) is 0.675. The van der Waals surface area contributed by atoms with Crippen LogP contribution in [0.3, 0.4) is 0 Å². The molecule has 2 atom stereocenters. The fourth-order valence-electron chi connectivity index (χ4n) is 3.35. The summed E-state index contributed by atoms with van der Waals surface area (Å²) in [5.74, 6) is 0.0866. The summed E-state index contributed by atoms with van der Waals surface area (Å²) >= 11 is 0. The number of aryl methyl sites for hydroxylation is 1. The van der Waals surface area contributed by atoms with Crippen molar-refractivity contribution in [1.29, 1.82) is 0 Å². The zero-order valence-corrected chi connectivity index (χ0v) is 16.0. The Morgan fingerprint density at radius 1 is 1.15 bits per heavy atom. The van der Waals surface area contributed by atoms with E-state index in [2.05, 4.69) is 10.0 Å². The largest absolute Gasteiger partial charge is 0.387 e. The molecule has 0 aliphatic heterocycles. The first kappa shape index (κ1) is 19.5. The van der Waals surface area contributed by atoms with Crippen molar-refractivity contribution < 1.29 is 18.3 Å². The number of sulfonamides is 1. The first-order valence-electron chi connectivity index (χ1n) is 8.92. The van der Waals surface area contributed by atoms with Gasteiger partial charge in [0.2, 0.25) is 10.0 Å². The summed E-state index contributed by atoms with van der Waals surface area (Å²) in [6.07, 6.45) is 2.06. The van der Waals surface area contributed by atoms with Crippen molar-refractivity contribution >= 4 is 21.5 Å². The molecule has 6 nitrogen and oxygen atoms in total. The van der Waals surface area contributed by atoms with E-state index in [-0.39, 0.29) is 11.7 Å². The van der Waals surface area contributed by atoms with E-state index < -0.39 is 16.1 Å². The highest BCUT2D eigenvalue weighted by atomic mass is 32.2. The van der Waals surface area contributed by atoms with E-state index in [1.165, 1.54) is 0 Å². The van der Waals surface area contributed by atoms with Crippen LogP contribution in [0, 0.1) is 5.92 Å².